The van der Waals surface area contributed by atoms with Crippen molar-refractivity contribution in [3.8, 4) is 17.4 Å². The molecule has 4 rings (SSSR count). The molecule has 1 aliphatic rings. The molecule has 0 bridgehead atoms. The Morgan fingerprint density at radius 3 is 2.26 bits per heavy atom. The highest BCUT2D eigenvalue weighted by molar-refractivity contribution is 6.07. The van der Waals surface area contributed by atoms with Crippen molar-refractivity contribution in [2.45, 2.75) is 57.7 Å². The van der Waals surface area contributed by atoms with Crippen LogP contribution >= 0.6 is 0 Å². The summed E-state index contributed by atoms with van der Waals surface area (Å²) in [5, 5.41) is 17.8. The Morgan fingerprint density at radius 1 is 0.923 bits per heavy atom. The smallest absolute Gasteiger partial charge is 0.337 e. The third-order valence-electron chi connectivity index (χ3n) is 6.18. The third-order valence-corrected chi connectivity index (χ3v) is 6.18. The second-order valence-corrected chi connectivity index (χ2v) is 9.63. The second-order valence-electron chi connectivity index (χ2n) is 9.63. The van der Waals surface area contributed by atoms with Gasteiger partial charge in [-0.25, -0.2) is 14.6 Å². The van der Waals surface area contributed by atoms with Crippen molar-refractivity contribution in [1.82, 2.24) is 15.6 Å². The molecule has 1 fully saturated rings. The third kappa shape index (κ3) is 7.94. The summed E-state index contributed by atoms with van der Waals surface area (Å²) in [6.07, 6.45) is 4.90. The molecule has 1 aromatic heterocycles. The van der Waals surface area contributed by atoms with Crippen molar-refractivity contribution in [3.63, 3.8) is 0 Å². The van der Waals surface area contributed by atoms with Gasteiger partial charge >= 0.3 is 12.0 Å². The van der Waals surface area contributed by atoms with Crippen molar-refractivity contribution in [2.75, 3.05) is 5.32 Å². The lowest BCUT2D eigenvalue weighted by atomic mass is 9.93. The molecule has 0 atom stereocenters. The number of carbonyl (C=O) groups excluding carboxylic acids is 2. The number of para-hydroxylation sites is 1. The Kier molecular flexibility index (Phi) is 8.98. The van der Waals surface area contributed by atoms with Gasteiger partial charge in [-0.1, -0.05) is 12.1 Å². The van der Waals surface area contributed by atoms with Crippen LogP contribution < -0.4 is 25.4 Å². The Hall–Kier alpha value is -4.60. The molecule has 204 valence electrons. The van der Waals surface area contributed by atoms with E-state index >= 15 is 0 Å². The van der Waals surface area contributed by atoms with Gasteiger partial charge in [-0.05, 0) is 82.0 Å². The Morgan fingerprint density at radius 2 is 1.62 bits per heavy atom. The van der Waals surface area contributed by atoms with E-state index in [1.807, 2.05) is 26.0 Å². The normalized spacial score (nSPS) is 16.7. The highest BCUT2D eigenvalue weighted by Gasteiger charge is 2.24. The van der Waals surface area contributed by atoms with Crippen LogP contribution in [0.5, 0.6) is 17.4 Å². The van der Waals surface area contributed by atoms with Crippen molar-refractivity contribution < 1.29 is 29.0 Å². The second kappa shape index (κ2) is 12.8. The largest absolute Gasteiger partial charge is 0.490 e. The first kappa shape index (κ1) is 27.4. The average Bonchev–Trinajstić information content (AvgIpc) is 2.91. The number of anilines is 1. The van der Waals surface area contributed by atoms with E-state index in [1.165, 1.54) is 18.3 Å². The summed E-state index contributed by atoms with van der Waals surface area (Å²) in [5.41, 5.74) is 0.468. The first-order valence-corrected chi connectivity index (χ1v) is 12.9. The lowest BCUT2D eigenvalue weighted by Gasteiger charge is -2.29. The van der Waals surface area contributed by atoms with E-state index in [4.69, 9.17) is 9.47 Å². The first-order chi connectivity index (χ1) is 18.8. The van der Waals surface area contributed by atoms with Gasteiger partial charge in [0.15, 0.2) is 0 Å². The SMILES string of the molecule is CC(C)NC(=O)NC1CCC(Oc2ccc(Oc3ccc(C(=O)Nc4ccccc4C(=O)O)cn3)cc2)CC1. The quantitative estimate of drug-likeness (QED) is 0.296. The molecule has 0 spiro atoms. The van der Waals surface area contributed by atoms with Gasteiger partial charge in [0.2, 0.25) is 5.88 Å². The van der Waals surface area contributed by atoms with Crippen LogP contribution in [0.3, 0.4) is 0 Å². The number of hydrogen-bond acceptors (Lipinski definition) is 6. The summed E-state index contributed by atoms with van der Waals surface area (Å²) >= 11 is 0. The summed E-state index contributed by atoms with van der Waals surface area (Å²) in [6, 6.07) is 16.7. The Balaban J connectivity index is 1.25. The lowest BCUT2D eigenvalue weighted by Crippen LogP contribution is -2.46. The van der Waals surface area contributed by atoms with E-state index in [1.54, 1.807) is 36.4 Å². The lowest BCUT2D eigenvalue weighted by molar-refractivity contribution is 0.0698. The van der Waals surface area contributed by atoms with Crippen LogP contribution in [0.2, 0.25) is 0 Å². The number of carboxylic acid groups (broad SMARTS) is 1. The molecule has 0 saturated heterocycles. The summed E-state index contributed by atoms with van der Waals surface area (Å²) in [6.45, 7) is 3.86. The van der Waals surface area contributed by atoms with Crippen molar-refractivity contribution in [3.05, 3.63) is 78.0 Å². The van der Waals surface area contributed by atoms with Crippen LogP contribution in [0.25, 0.3) is 0 Å². The molecule has 1 aliphatic carbocycles. The minimum atomic E-state index is -1.13. The number of pyridine rings is 1. The predicted octanol–water partition coefficient (Wildman–Crippen LogP) is 5.22. The Bertz CT molecular complexity index is 1290. The van der Waals surface area contributed by atoms with E-state index in [-0.39, 0.29) is 41.0 Å². The summed E-state index contributed by atoms with van der Waals surface area (Å²) in [4.78, 5) is 40.0. The van der Waals surface area contributed by atoms with Crippen LogP contribution in [0, 0.1) is 0 Å². The number of benzene rings is 2. The zero-order valence-corrected chi connectivity index (χ0v) is 21.8. The number of rotatable bonds is 9. The molecule has 0 unspecified atom stereocenters. The molecule has 3 aromatic rings. The van der Waals surface area contributed by atoms with Crippen LogP contribution in [0.15, 0.2) is 66.9 Å². The number of urea groups is 1. The van der Waals surface area contributed by atoms with Gasteiger partial charge in [-0.3, -0.25) is 4.79 Å². The maximum absolute atomic E-state index is 12.5. The molecule has 2 aromatic carbocycles. The molecule has 1 heterocycles. The molecule has 4 N–H and O–H groups in total. The van der Waals surface area contributed by atoms with Crippen molar-refractivity contribution in [1.29, 1.82) is 0 Å². The van der Waals surface area contributed by atoms with E-state index in [0.29, 0.717) is 11.6 Å². The summed E-state index contributed by atoms with van der Waals surface area (Å²) < 4.78 is 11.9. The molecular weight excluding hydrogens is 500 g/mol. The van der Waals surface area contributed by atoms with E-state index < -0.39 is 11.9 Å². The fraction of sp³-hybridized carbons (Fsp3) is 0.310. The topological polar surface area (TPSA) is 139 Å². The van der Waals surface area contributed by atoms with E-state index in [9.17, 15) is 19.5 Å². The monoisotopic (exact) mass is 532 g/mol. The van der Waals surface area contributed by atoms with Gasteiger partial charge in [0, 0.05) is 24.3 Å². The summed E-state index contributed by atoms with van der Waals surface area (Å²) in [5.74, 6) is -0.00679. The highest BCUT2D eigenvalue weighted by Crippen LogP contribution is 2.27. The van der Waals surface area contributed by atoms with Gasteiger partial charge in [-0.15, -0.1) is 0 Å². The number of nitrogens with one attached hydrogen (secondary N) is 3. The molecule has 10 nitrogen and oxygen atoms in total. The predicted molar refractivity (Wildman–Crippen MR) is 146 cm³/mol. The van der Waals surface area contributed by atoms with Gasteiger partial charge in [0.1, 0.15) is 11.5 Å². The summed E-state index contributed by atoms with van der Waals surface area (Å²) in [7, 11) is 0. The molecule has 3 amide bonds. The van der Waals surface area contributed by atoms with E-state index in [2.05, 4.69) is 20.9 Å². The van der Waals surface area contributed by atoms with Gasteiger partial charge < -0.3 is 30.5 Å². The van der Waals surface area contributed by atoms with Gasteiger partial charge in [0.05, 0.1) is 22.9 Å². The number of amides is 3. The molecular formula is C29H32N4O6. The minimum absolute atomic E-state index is 0.00187. The number of aromatic nitrogens is 1. The number of carboxylic acids is 1. The van der Waals surface area contributed by atoms with Gasteiger partial charge in [0.25, 0.3) is 5.91 Å². The fourth-order valence-electron chi connectivity index (χ4n) is 4.26. The number of carbonyl (C=O) groups is 3. The number of aromatic carboxylic acids is 1. The molecule has 10 heteroatoms. The number of nitrogens with zero attached hydrogens (tertiary/aromatic N) is 1. The van der Waals surface area contributed by atoms with Crippen LogP contribution in [-0.4, -0.2) is 46.2 Å². The molecule has 1 saturated carbocycles. The van der Waals surface area contributed by atoms with Crippen LogP contribution in [-0.2, 0) is 0 Å². The van der Waals surface area contributed by atoms with Crippen LogP contribution in [0.4, 0.5) is 10.5 Å². The van der Waals surface area contributed by atoms with Crippen molar-refractivity contribution >= 4 is 23.6 Å². The van der Waals surface area contributed by atoms with E-state index in [0.717, 1.165) is 31.4 Å². The Labute approximate surface area is 226 Å². The highest BCUT2D eigenvalue weighted by atomic mass is 16.5. The maximum Gasteiger partial charge on any atom is 0.337 e. The van der Waals surface area contributed by atoms with Crippen molar-refractivity contribution in [2.24, 2.45) is 0 Å². The minimum Gasteiger partial charge on any atom is -0.490 e. The maximum atomic E-state index is 12.5. The zero-order valence-electron chi connectivity index (χ0n) is 21.8. The number of ether oxygens (including phenoxy) is 2. The molecule has 0 aliphatic heterocycles. The van der Waals surface area contributed by atoms with Crippen LogP contribution in [0.1, 0.15) is 60.2 Å². The zero-order chi connectivity index (χ0) is 27.8. The average molecular weight is 533 g/mol. The first-order valence-electron chi connectivity index (χ1n) is 12.9. The van der Waals surface area contributed by atoms with Gasteiger partial charge in [-0.2, -0.15) is 0 Å². The number of hydrogen-bond donors (Lipinski definition) is 4. The standard InChI is InChI=1S/C29H32N4O6/c1-18(2)31-29(37)32-20-8-10-21(11-9-20)38-22-12-14-23(15-13-22)39-26-16-7-19(17-30-26)27(34)33-25-6-4-3-5-24(25)28(35)36/h3-7,12-18,20-21H,8-11H2,1-2H3,(H,33,34)(H,35,36)(H2,31,32,37). The molecule has 39 heavy (non-hydrogen) atoms. The molecule has 0 radical (unpaired) electrons. The fourth-order valence-corrected chi connectivity index (χ4v) is 4.26.